The van der Waals surface area contributed by atoms with Gasteiger partial charge in [0.15, 0.2) is 0 Å². The number of hydrogen-bond donors (Lipinski definition) is 2. The second-order valence-electron chi connectivity index (χ2n) is 5.57. The quantitative estimate of drug-likeness (QED) is 0.796. The van der Waals surface area contributed by atoms with Crippen LogP contribution in [0.5, 0.6) is 0 Å². The molecule has 0 aliphatic carbocycles. The molecule has 5 nitrogen and oxygen atoms in total. The van der Waals surface area contributed by atoms with Gasteiger partial charge in [-0.1, -0.05) is 19.1 Å². The highest BCUT2D eigenvalue weighted by atomic mass is 32.2. The summed E-state index contributed by atoms with van der Waals surface area (Å²) >= 11 is 0. The van der Waals surface area contributed by atoms with E-state index in [4.69, 9.17) is 4.74 Å². The van der Waals surface area contributed by atoms with Crippen molar-refractivity contribution in [1.29, 1.82) is 0 Å². The molecule has 1 aromatic carbocycles. The summed E-state index contributed by atoms with van der Waals surface area (Å²) in [5.41, 5.74) is 0.730. The minimum atomic E-state index is -3.48. The first-order valence-electron chi connectivity index (χ1n) is 7.34. The number of ether oxygens (including phenoxy) is 1. The smallest absolute Gasteiger partial charge is 0.240 e. The lowest BCUT2D eigenvalue weighted by Gasteiger charge is -2.28. The van der Waals surface area contributed by atoms with Gasteiger partial charge < -0.3 is 10.1 Å². The lowest BCUT2D eigenvalue weighted by atomic mass is 9.99. The Labute approximate surface area is 127 Å². The Morgan fingerprint density at radius 2 is 2.24 bits per heavy atom. The van der Waals surface area contributed by atoms with Crippen molar-refractivity contribution in [2.24, 2.45) is 0 Å². The predicted octanol–water partition coefficient (Wildman–Crippen LogP) is 1.30. The molecule has 0 aromatic heterocycles. The lowest BCUT2D eigenvalue weighted by molar-refractivity contribution is 0.122. The van der Waals surface area contributed by atoms with E-state index in [1.54, 1.807) is 25.3 Å². The number of hydrogen-bond acceptors (Lipinski definition) is 4. The highest BCUT2D eigenvalue weighted by Crippen LogP contribution is 2.20. The maximum atomic E-state index is 12.4. The van der Waals surface area contributed by atoms with Crippen LogP contribution in [0.15, 0.2) is 29.2 Å². The molecule has 0 radical (unpaired) electrons. The SMILES string of the molecule is CCc1cccc(S(=O)(=O)NCC2(COC)CCCN2)c1. The van der Waals surface area contributed by atoms with Crippen LogP contribution >= 0.6 is 0 Å². The minimum absolute atomic E-state index is 0.288. The molecule has 1 atom stereocenters. The van der Waals surface area contributed by atoms with Crippen molar-refractivity contribution in [1.82, 2.24) is 10.0 Å². The summed E-state index contributed by atoms with van der Waals surface area (Å²) in [6.45, 7) is 3.76. The average molecular weight is 312 g/mol. The van der Waals surface area contributed by atoms with Gasteiger partial charge in [-0.05, 0) is 43.5 Å². The van der Waals surface area contributed by atoms with Crippen molar-refractivity contribution >= 4 is 10.0 Å². The number of nitrogens with one attached hydrogen (secondary N) is 2. The highest BCUT2D eigenvalue weighted by molar-refractivity contribution is 7.89. The van der Waals surface area contributed by atoms with E-state index in [-0.39, 0.29) is 5.54 Å². The number of benzene rings is 1. The lowest BCUT2D eigenvalue weighted by Crippen LogP contribution is -2.52. The van der Waals surface area contributed by atoms with Gasteiger partial charge in [0.05, 0.1) is 17.0 Å². The minimum Gasteiger partial charge on any atom is -0.383 e. The zero-order chi connectivity index (χ0) is 15.3. The van der Waals surface area contributed by atoms with E-state index in [2.05, 4.69) is 10.0 Å². The first kappa shape index (κ1) is 16.4. The van der Waals surface area contributed by atoms with Gasteiger partial charge in [0, 0.05) is 13.7 Å². The van der Waals surface area contributed by atoms with Crippen LogP contribution in [0.25, 0.3) is 0 Å². The molecule has 2 N–H and O–H groups in total. The van der Waals surface area contributed by atoms with Crippen LogP contribution in [-0.4, -0.2) is 40.8 Å². The molecule has 0 bridgehead atoms. The van der Waals surface area contributed by atoms with Gasteiger partial charge in [0.2, 0.25) is 10.0 Å². The highest BCUT2D eigenvalue weighted by Gasteiger charge is 2.34. The van der Waals surface area contributed by atoms with E-state index in [0.717, 1.165) is 31.4 Å². The molecule has 1 saturated heterocycles. The van der Waals surface area contributed by atoms with E-state index in [1.807, 2.05) is 13.0 Å². The Morgan fingerprint density at radius 1 is 1.43 bits per heavy atom. The number of methoxy groups -OCH3 is 1. The largest absolute Gasteiger partial charge is 0.383 e. The van der Waals surface area contributed by atoms with Crippen LogP contribution in [0.4, 0.5) is 0 Å². The average Bonchev–Trinajstić information content (AvgIpc) is 2.95. The van der Waals surface area contributed by atoms with E-state index in [1.165, 1.54) is 0 Å². The Bertz CT molecular complexity index is 566. The van der Waals surface area contributed by atoms with Crippen LogP contribution in [0.3, 0.4) is 0 Å². The fourth-order valence-corrected chi connectivity index (χ4v) is 3.92. The number of rotatable bonds is 7. The first-order valence-corrected chi connectivity index (χ1v) is 8.82. The summed E-state index contributed by atoms with van der Waals surface area (Å²) in [4.78, 5) is 0.326. The molecular formula is C15H24N2O3S. The van der Waals surface area contributed by atoms with E-state index in [0.29, 0.717) is 18.0 Å². The summed E-state index contributed by atoms with van der Waals surface area (Å²) < 4.78 is 32.8. The molecule has 1 aliphatic heterocycles. The van der Waals surface area contributed by atoms with Crippen LogP contribution in [0.1, 0.15) is 25.3 Å². The second kappa shape index (κ2) is 6.87. The normalized spacial score (nSPS) is 22.6. The van der Waals surface area contributed by atoms with Gasteiger partial charge in [-0.3, -0.25) is 0 Å². The molecule has 0 spiro atoms. The third-order valence-corrected chi connectivity index (χ3v) is 5.37. The molecule has 6 heteroatoms. The molecule has 118 valence electrons. The molecule has 0 amide bonds. The van der Waals surface area contributed by atoms with Crippen LogP contribution < -0.4 is 10.0 Å². The van der Waals surface area contributed by atoms with Crippen molar-refractivity contribution in [2.45, 2.75) is 36.6 Å². The van der Waals surface area contributed by atoms with Crippen molar-refractivity contribution < 1.29 is 13.2 Å². The van der Waals surface area contributed by atoms with E-state index in [9.17, 15) is 8.42 Å². The molecule has 1 unspecified atom stereocenters. The first-order chi connectivity index (χ1) is 10.0. The molecule has 1 aliphatic rings. The zero-order valence-corrected chi connectivity index (χ0v) is 13.5. The predicted molar refractivity (Wildman–Crippen MR) is 82.9 cm³/mol. The third-order valence-electron chi connectivity index (χ3n) is 3.97. The van der Waals surface area contributed by atoms with Crippen LogP contribution in [-0.2, 0) is 21.2 Å². The summed E-state index contributed by atoms with van der Waals surface area (Å²) in [5.74, 6) is 0. The number of sulfonamides is 1. The second-order valence-corrected chi connectivity index (χ2v) is 7.34. The molecule has 21 heavy (non-hydrogen) atoms. The third kappa shape index (κ3) is 4.03. The van der Waals surface area contributed by atoms with Gasteiger partial charge in [-0.25, -0.2) is 13.1 Å². The topological polar surface area (TPSA) is 67.4 Å². The van der Waals surface area contributed by atoms with Crippen molar-refractivity contribution in [3.05, 3.63) is 29.8 Å². The maximum Gasteiger partial charge on any atom is 0.240 e. The van der Waals surface area contributed by atoms with Gasteiger partial charge >= 0.3 is 0 Å². The molecule has 1 heterocycles. The Hall–Kier alpha value is -0.950. The summed E-state index contributed by atoms with van der Waals surface area (Å²) in [6, 6.07) is 7.08. The van der Waals surface area contributed by atoms with Gasteiger partial charge in [-0.2, -0.15) is 0 Å². The molecule has 1 aromatic rings. The van der Waals surface area contributed by atoms with E-state index < -0.39 is 10.0 Å². The molecule has 0 saturated carbocycles. The fourth-order valence-electron chi connectivity index (χ4n) is 2.72. The van der Waals surface area contributed by atoms with Crippen molar-refractivity contribution in [3.63, 3.8) is 0 Å². The summed E-state index contributed by atoms with van der Waals surface area (Å²) in [5, 5.41) is 3.37. The van der Waals surface area contributed by atoms with E-state index >= 15 is 0 Å². The standard InChI is InChI=1S/C15H24N2O3S/c1-3-13-6-4-7-14(10-13)21(18,19)17-11-15(12-20-2)8-5-9-16-15/h4,6-7,10,16-17H,3,5,8-9,11-12H2,1-2H3. The summed E-state index contributed by atoms with van der Waals surface area (Å²) in [6.07, 6.45) is 2.77. The Morgan fingerprint density at radius 3 is 2.86 bits per heavy atom. The van der Waals surface area contributed by atoms with Gasteiger partial charge in [0.1, 0.15) is 0 Å². The molecule has 2 rings (SSSR count). The van der Waals surface area contributed by atoms with Crippen LogP contribution in [0.2, 0.25) is 0 Å². The maximum absolute atomic E-state index is 12.4. The monoisotopic (exact) mass is 312 g/mol. The zero-order valence-electron chi connectivity index (χ0n) is 12.7. The summed E-state index contributed by atoms with van der Waals surface area (Å²) in [7, 11) is -1.84. The number of aryl methyl sites for hydroxylation is 1. The Kier molecular flexibility index (Phi) is 5.37. The molecular weight excluding hydrogens is 288 g/mol. The molecule has 1 fully saturated rings. The van der Waals surface area contributed by atoms with Gasteiger partial charge in [0.25, 0.3) is 0 Å². The van der Waals surface area contributed by atoms with Crippen molar-refractivity contribution in [2.75, 3.05) is 26.8 Å². The fraction of sp³-hybridized carbons (Fsp3) is 0.600. The van der Waals surface area contributed by atoms with Crippen molar-refractivity contribution in [3.8, 4) is 0 Å². The van der Waals surface area contributed by atoms with Crippen LogP contribution in [0, 0.1) is 0 Å². The van der Waals surface area contributed by atoms with Gasteiger partial charge in [-0.15, -0.1) is 0 Å². The Balaban J connectivity index is 2.09.